The predicted molar refractivity (Wildman–Crippen MR) is 72.2 cm³/mol. The molecule has 2 amide bonds. The maximum atomic E-state index is 13.3. The normalized spacial score (nSPS) is 18.1. The molecule has 0 radical (unpaired) electrons. The van der Waals surface area contributed by atoms with E-state index in [-0.39, 0.29) is 6.03 Å². The summed E-state index contributed by atoms with van der Waals surface area (Å²) in [5, 5.41) is 9.13. The van der Waals surface area contributed by atoms with Crippen molar-refractivity contribution in [2.75, 3.05) is 18.0 Å². The summed E-state index contributed by atoms with van der Waals surface area (Å²) in [6.07, 6.45) is 1.13. The molecule has 20 heavy (non-hydrogen) atoms. The van der Waals surface area contributed by atoms with Gasteiger partial charge in [0.15, 0.2) is 0 Å². The Hall–Kier alpha value is -2.11. The smallest absolute Gasteiger partial charge is 0.326 e. The van der Waals surface area contributed by atoms with Gasteiger partial charge in [-0.1, -0.05) is 6.07 Å². The highest BCUT2D eigenvalue weighted by molar-refractivity contribution is 5.94. The maximum Gasteiger partial charge on any atom is 0.326 e. The minimum absolute atomic E-state index is 0.352. The molecule has 0 aromatic heterocycles. The van der Waals surface area contributed by atoms with Gasteiger partial charge in [-0.25, -0.2) is 14.0 Å². The lowest BCUT2D eigenvalue weighted by Crippen LogP contribution is -2.48. The SMILES string of the molecule is CCN(C(=O)N1CCCC1C(=O)O)c1cccc(F)c1. The van der Waals surface area contributed by atoms with E-state index in [4.69, 9.17) is 5.11 Å². The Kier molecular flexibility index (Phi) is 4.22. The lowest BCUT2D eigenvalue weighted by Gasteiger charge is -2.29. The minimum atomic E-state index is -0.994. The largest absolute Gasteiger partial charge is 0.480 e. The Morgan fingerprint density at radius 3 is 2.85 bits per heavy atom. The van der Waals surface area contributed by atoms with Crippen LogP contribution in [0.25, 0.3) is 0 Å². The average Bonchev–Trinajstić information content (AvgIpc) is 2.89. The Morgan fingerprint density at radius 2 is 2.25 bits per heavy atom. The van der Waals surface area contributed by atoms with E-state index in [1.165, 1.54) is 28.0 Å². The Morgan fingerprint density at radius 1 is 1.50 bits per heavy atom. The van der Waals surface area contributed by atoms with Crippen molar-refractivity contribution < 1.29 is 19.1 Å². The second-order valence-electron chi connectivity index (χ2n) is 4.70. The first-order chi connectivity index (χ1) is 9.54. The van der Waals surface area contributed by atoms with Crippen molar-refractivity contribution in [3.63, 3.8) is 0 Å². The van der Waals surface area contributed by atoms with Crippen molar-refractivity contribution in [3.05, 3.63) is 30.1 Å². The van der Waals surface area contributed by atoms with Crippen molar-refractivity contribution in [1.82, 2.24) is 4.90 Å². The summed E-state index contributed by atoms with van der Waals surface area (Å²) < 4.78 is 13.3. The van der Waals surface area contributed by atoms with Crippen LogP contribution in [0.4, 0.5) is 14.9 Å². The summed E-state index contributed by atoms with van der Waals surface area (Å²) in [6, 6.07) is 4.56. The molecule has 1 unspecified atom stereocenters. The molecule has 108 valence electrons. The molecule has 1 atom stereocenters. The Labute approximate surface area is 116 Å². The van der Waals surface area contributed by atoms with E-state index in [1.807, 2.05) is 0 Å². The van der Waals surface area contributed by atoms with Gasteiger partial charge in [0.05, 0.1) is 0 Å². The van der Waals surface area contributed by atoms with E-state index in [9.17, 15) is 14.0 Å². The number of benzene rings is 1. The van der Waals surface area contributed by atoms with Crippen LogP contribution in [0.3, 0.4) is 0 Å². The number of aliphatic carboxylic acids is 1. The van der Waals surface area contributed by atoms with Crippen LogP contribution in [0.5, 0.6) is 0 Å². The van der Waals surface area contributed by atoms with Crippen LogP contribution in [0.2, 0.25) is 0 Å². The van der Waals surface area contributed by atoms with Crippen LogP contribution in [0.1, 0.15) is 19.8 Å². The van der Waals surface area contributed by atoms with Crippen LogP contribution in [-0.4, -0.2) is 41.1 Å². The van der Waals surface area contributed by atoms with Gasteiger partial charge in [0.2, 0.25) is 0 Å². The summed E-state index contributed by atoms with van der Waals surface area (Å²) in [6.45, 7) is 2.54. The number of nitrogens with zero attached hydrogens (tertiary/aromatic N) is 2. The van der Waals surface area contributed by atoms with Crippen LogP contribution in [-0.2, 0) is 4.79 Å². The fourth-order valence-electron chi connectivity index (χ4n) is 2.48. The van der Waals surface area contributed by atoms with Crippen molar-refractivity contribution in [3.8, 4) is 0 Å². The van der Waals surface area contributed by atoms with Crippen LogP contribution in [0.15, 0.2) is 24.3 Å². The van der Waals surface area contributed by atoms with Gasteiger partial charge in [0.1, 0.15) is 11.9 Å². The molecule has 1 fully saturated rings. The third-order valence-electron chi connectivity index (χ3n) is 3.45. The van der Waals surface area contributed by atoms with E-state index in [0.717, 1.165) is 0 Å². The minimum Gasteiger partial charge on any atom is -0.480 e. The molecule has 0 bridgehead atoms. The summed E-state index contributed by atoms with van der Waals surface area (Å²) in [7, 11) is 0. The highest BCUT2D eigenvalue weighted by Crippen LogP contribution is 2.23. The van der Waals surface area contributed by atoms with Gasteiger partial charge >= 0.3 is 12.0 Å². The van der Waals surface area contributed by atoms with E-state index >= 15 is 0 Å². The molecule has 0 saturated carbocycles. The number of amides is 2. The zero-order chi connectivity index (χ0) is 14.7. The van der Waals surface area contributed by atoms with Crippen molar-refractivity contribution in [2.45, 2.75) is 25.8 Å². The third-order valence-corrected chi connectivity index (χ3v) is 3.45. The molecule has 0 aliphatic carbocycles. The molecule has 6 heteroatoms. The van der Waals surface area contributed by atoms with Crippen molar-refractivity contribution in [2.24, 2.45) is 0 Å². The number of likely N-dealkylation sites (tertiary alicyclic amines) is 1. The number of carboxylic acid groups (broad SMARTS) is 1. The van der Waals surface area contributed by atoms with Gasteiger partial charge in [-0.3, -0.25) is 4.90 Å². The fraction of sp³-hybridized carbons (Fsp3) is 0.429. The standard InChI is InChI=1S/C14H17FN2O3/c1-2-16(11-6-3-5-10(15)9-11)14(20)17-8-4-7-12(17)13(18)19/h3,5-6,9,12H,2,4,7-8H2,1H3,(H,18,19). The van der Waals surface area contributed by atoms with E-state index in [0.29, 0.717) is 31.6 Å². The molecule has 1 N–H and O–H groups in total. The molecule has 1 aromatic rings. The molecule has 5 nitrogen and oxygen atoms in total. The van der Waals surface area contributed by atoms with Gasteiger partial charge in [-0.2, -0.15) is 0 Å². The van der Waals surface area contributed by atoms with E-state index in [2.05, 4.69) is 0 Å². The number of carboxylic acids is 1. The van der Waals surface area contributed by atoms with Crippen molar-refractivity contribution in [1.29, 1.82) is 0 Å². The monoisotopic (exact) mass is 280 g/mol. The topological polar surface area (TPSA) is 60.9 Å². The zero-order valence-corrected chi connectivity index (χ0v) is 11.3. The van der Waals surface area contributed by atoms with Crippen LogP contribution < -0.4 is 4.90 Å². The van der Waals surface area contributed by atoms with Gasteiger partial charge in [-0.05, 0) is 38.0 Å². The van der Waals surface area contributed by atoms with Gasteiger partial charge in [-0.15, -0.1) is 0 Å². The van der Waals surface area contributed by atoms with Gasteiger partial charge < -0.3 is 10.0 Å². The third kappa shape index (κ3) is 2.74. The molecular weight excluding hydrogens is 263 g/mol. The lowest BCUT2D eigenvalue weighted by molar-refractivity contribution is -0.141. The molecule has 1 aliphatic rings. The van der Waals surface area contributed by atoms with E-state index < -0.39 is 17.8 Å². The lowest BCUT2D eigenvalue weighted by atomic mass is 10.2. The maximum absolute atomic E-state index is 13.3. The predicted octanol–water partition coefficient (Wildman–Crippen LogP) is 2.32. The van der Waals surface area contributed by atoms with Gasteiger partial charge in [0, 0.05) is 18.8 Å². The summed E-state index contributed by atoms with van der Waals surface area (Å²) in [4.78, 5) is 26.4. The molecule has 1 aromatic carbocycles. The summed E-state index contributed by atoms with van der Waals surface area (Å²) >= 11 is 0. The summed E-state index contributed by atoms with van der Waals surface area (Å²) in [5.41, 5.74) is 0.438. The first-order valence-electron chi connectivity index (χ1n) is 6.61. The van der Waals surface area contributed by atoms with Crippen molar-refractivity contribution >= 4 is 17.7 Å². The number of carbonyl (C=O) groups is 2. The van der Waals surface area contributed by atoms with Crippen LogP contribution in [0, 0.1) is 5.82 Å². The fourth-order valence-corrected chi connectivity index (χ4v) is 2.48. The second-order valence-corrected chi connectivity index (χ2v) is 4.70. The Balaban J connectivity index is 2.23. The zero-order valence-electron chi connectivity index (χ0n) is 11.3. The highest BCUT2D eigenvalue weighted by atomic mass is 19.1. The quantitative estimate of drug-likeness (QED) is 0.924. The number of halogens is 1. The average molecular weight is 280 g/mol. The molecular formula is C14H17FN2O3. The van der Waals surface area contributed by atoms with Crippen LogP contribution >= 0.6 is 0 Å². The number of anilines is 1. The highest BCUT2D eigenvalue weighted by Gasteiger charge is 2.36. The second kappa shape index (κ2) is 5.90. The molecule has 1 aliphatic heterocycles. The molecule has 1 saturated heterocycles. The number of hydrogen-bond donors (Lipinski definition) is 1. The van der Waals surface area contributed by atoms with E-state index in [1.54, 1.807) is 13.0 Å². The number of urea groups is 1. The first-order valence-corrected chi connectivity index (χ1v) is 6.61. The molecule has 1 heterocycles. The number of hydrogen-bond acceptors (Lipinski definition) is 2. The molecule has 2 rings (SSSR count). The number of rotatable bonds is 3. The first kappa shape index (κ1) is 14.3. The summed E-state index contributed by atoms with van der Waals surface area (Å²) in [5.74, 6) is -1.42. The molecule has 0 spiro atoms. The van der Waals surface area contributed by atoms with Gasteiger partial charge in [0.25, 0.3) is 0 Å². The number of carbonyl (C=O) groups excluding carboxylic acids is 1. The Bertz CT molecular complexity index is 521.